The maximum atomic E-state index is 13.0. The third-order valence-electron chi connectivity index (χ3n) is 4.67. The van der Waals surface area contributed by atoms with E-state index in [9.17, 15) is 18.0 Å². The molecule has 160 valence electrons. The highest BCUT2D eigenvalue weighted by Crippen LogP contribution is 2.22. The van der Waals surface area contributed by atoms with Gasteiger partial charge in [0.05, 0.1) is 10.6 Å². The molecule has 0 saturated heterocycles. The summed E-state index contributed by atoms with van der Waals surface area (Å²) in [4.78, 5) is 26.1. The molecule has 0 unspecified atom stereocenters. The van der Waals surface area contributed by atoms with Crippen LogP contribution in [0.15, 0.2) is 83.8 Å². The smallest absolute Gasteiger partial charge is 0.264 e. The Morgan fingerprint density at radius 2 is 1.42 bits per heavy atom. The summed E-state index contributed by atoms with van der Waals surface area (Å²) in [6.07, 6.45) is 0. The van der Waals surface area contributed by atoms with Crippen molar-refractivity contribution in [2.24, 2.45) is 0 Å². The van der Waals surface area contributed by atoms with Crippen LogP contribution < -0.4 is 9.62 Å². The van der Waals surface area contributed by atoms with E-state index < -0.39 is 15.9 Å². The molecule has 0 aliphatic carbocycles. The van der Waals surface area contributed by atoms with Gasteiger partial charge in [-0.2, -0.15) is 0 Å². The Labute approximate surface area is 182 Å². The van der Waals surface area contributed by atoms with E-state index in [1.807, 2.05) is 0 Å². The number of rotatable bonds is 6. The summed E-state index contributed by atoms with van der Waals surface area (Å²) in [6, 6.07) is 21.0. The normalized spacial score (nSPS) is 10.9. The zero-order chi connectivity index (χ0) is 22.6. The maximum absolute atomic E-state index is 13.0. The standard InChI is InChI=1S/C23H23N3O4S/c1-25(2)23(28)17-12-14-19(15-13-17)24-22(27)18-8-7-11-21(16-18)31(29,30)26(3)20-9-5-4-6-10-20/h4-16H,1-3H3,(H,24,27). The van der Waals surface area contributed by atoms with Crippen LogP contribution >= 0.6 is 0 Å². The van der Waals surface area contributed by atoms with Crippen molar-refractivity contribution in [1.82, 2.24) is 4.90 Å². The Morgan fingerprint density at radius 3 is 2.03 bits per heavy atom. The number of hydrogen-bond donors (Lipinski definition) is 1. The third-order valence-corrected chi connectivity index (χ3v) is 6.45. The molecular weight excluding hydrogens is 414 g/mol. The average Bonchev–Trinajstić information content (AvgIpc) is 2.79. The number of amides is 2. The van der Waals surface area contributed by atoms with E-state index in [1.165, 1.54) is 34.5 Å². The number of carbonyl (C=O) groups excluding carboxylic acids is 2. The fourth-order valence-electron chi connectivity index (χ4n) is 2.89. The Kier molecular flexibility index (Phi) is 6.41. The van der Waals surface area contributed by atoms with E-state index in [-0.39, 0.29) is 16.4 Å². The second-order valence-corrected chi connectivity index (χ2v) is 9.04. The summed E-state index contributed by atoms with van der Waals surface area (Å²) in [6.45, 7) is 0. The van der Waals surface area contributed by atoms with Crippen LogP contribution in [0.2, 0.25) is 0 Å². The lowest BCUT2D eigenvalue weighted by molar-refractivity contribution is 0.0827. The summed E-state index contributed by atoms with van der Waals surface area (Å²) >= 11 is 0. The summed E-state index contributed by atoms with van der Waals surface area (Å²) in [5, 5.41) is 2.72. The molecule has 1 N–H and O–H groups in total. The fraction of sp³-hybridized carbons (Fsp3) is 0.130. The molecule has 7 nitrogen and oxygen atoms in total. The molecule has 0 spiro atoms. The van der Waals surface area contributed by atoms with Crippen molar-refractivity contribution >= 4 is 33.2 Å². The second-order valence-electron chi connectivity index (χ2n) is 7.07. The molecule has 2 amide bonds. The van der Waals surface area contributed by atoms with Gasteiger partial charge in [0.2, 0.25) is 0 Å². The maximum Gasteiger partial charge on any atom is 0.264 e. The van der Waals surface area contributed by atoms with Gasteiger partial charge in [-0.25, -0.2) is 8.42 Å². The minimum absolute atomic E-state index is 0.0124. The number of nitrogens with zero attached hydrogens (tertiary/aromatic N) is 2. The van der Waals surface area contributed by atoms with Crippen LogP contribution in [0.4, 0.5) is 11.4 Å². The molecule has 0 saturated carbocycles. The van der Waals surface area contributed by atoms with Gasteiger partial charge in [0.25, 0.3) is 21.8 Å². The minimum atomic E-state index is -3.83. The lowest BCUT2D eigenvalue weighted by Gasteiger charge is -2.19. The zero-order valence-corrected chi connectivity index (χ0v) is 18.3. The van der Waals surface area contributed by atoms with E-state index in [2.05, 4.69) is 5.32 Å². The van der Waals surface area contributed by atoms with Crippen molar-refractivity contribution in [3.8, 4) is 0 Å². The molecule has 31 heavy (non-hydrogen) atoms. The van der Waals surface area contributed by atoms with Crippen molar-refractivity contribution in [1.29, 1.82) is 0 Å². The van der Waals surface area contributed by atoms with Gasteiger partial charge in [-0.05, 0) is 54.6 Å². The number of anilines is 2. The fourth-order valence-corrected chi connectivity index (χ4v) is 4.13. The van der Waals surface area contributed by atoms with E-state index in [4.69, 9.17) is 0 Å². The number of nitrogens with one attached hydrogen (secondary N) is 1. The topological polar surface area (TPSA) is 86.8 Å². The highest BCUT2D eigenvalue weighted by Gasteiger charge is 2.22. The number of para-hydroxylation sites is 1. The Bertz CT molecular complexity index is 1190. The van der Waals surface area contributed by atoms with Crippen LogP contribution in [0.1, 0.15) is 20.7 Å². The molecule has 3 aromatic rings. The minimum Gasteiger partial charge on any atom is -0.345 e. The monoisotopic (exact) mass is 437 g/mol. The first-order valence-electron chi connectivity index (χ1n) is 9.47. The van der Waals surface area contributed by atoms with Crippen LogP contribution in [-0.4, -0.2) is 46.3 Å². The van der Waals surface area contributed by atoms with Crippen LogP contribution in [-0.2, 0) is 10.0 Å². The predicted molar refractivity (Wildman–Crippen MR) is 121 cm³/mol. The van der Waals surface area contributed by atoms with Crippen LogP contribution in [0.3, 0.4) is 0 Å². The van der Waals surface area contributed by atoms with Gasteiger partial charge in [0.1, 0.15) is 0 Å². The molecule has 0 atom stereocenters. The lowest BCUT2D eigenvalue weighted by atomic mass is 10.1. The molecule has 8 heteroatoms. The van der Waals surface area contributed by atoms with Crippen molar-refractivity contribution in [3.05, 3.63) is 90.0 Å². The predicted octanol–water partition coefficient (Wildman–Crippen LogP) is 3.47. The van der Waals surface area contributed by atoms with Gasteiger partial charge in [-0.1, -0.05) is 24.3 Å². The van der Waals surface area contributed by atoms with E-state index >= 15 is 0 Å². The highest BCUT2D eigenvalue weighted by molar-refractivity contribution is 7.92. The van der Waals surface area contributed by atoms with E-state index in [0.717, 1.165) is 0 Å². The molecular formula is C23H23N3O4S. The first kappa shape index (κ1) is 22.0. The molecule has 0 bridgehead atoms. The SMILES string of the molecule is CN(C)C(=O)c1ccc(NC(=O)c2cccc(S(=O)(=O)N(C)c3ccccc3)c2)cc1. The van der Waals surface area contributed by atoms with E-state index in [1.54, 1.807) is 74.8 Å². The molecule has 0 aromatic heterocycles. The van der Waals surface area contributed by atoms with Gasteiger partial charge in [0.15, 0.2) is 0 Å². The van der Waals surface area contributed by atoms with Crippen LogP contribution in [0.5, 0.6) is 0 Å². The van der Waals surface area contributed by atoms with Gasteiger partial charge < -0.3 is 10.2 Å². The van der Waals surface area contributed by atoms with Crippen molar-refractivity contribution < 1.29 is 18.0 Å². The van der Waals surface area contributed by atoms with Gasteiger partial charge in [-0.15, -0.1) is 0 Å². The Balaban J connectivity index is 1.79. The molecule has 0 heterocycles. The first-order chi connectivity index (χ1) is 14.7. The third kappa shape index (κ3) is 4.92. The van der Waals surface area contributed by atoms with Crippen LogP contribution in [0, 0.1) is 0 Å². The number of benzene rings is 3. The molecule has 0 aliphatic heterocycles. The molecule has 3 aromatic carbocycles. The summed E-state index contributed by atoms with van der Waals surface area (Å²) < 4.78 is 27.1. The second kappa shape index (κ2) is 9.01. The lowest BCUT2D eigenvalue weighted by Crippen LogP contribution is -2.26. The number of sulfonamides is 1. The summed E-state index contributed by atoms with van der Waals surface area (Å²) in [5.41, 5.74) is 1.72. The zero-order valence-electron chi connectivity index (χ0n) is 17.4. The number of hydrogen-bond acceptors (Lipinski definition) is 4. The largest absolute Gasteiger partial charge is 0.345 e. The molecule has 3 rings (SSSR count). The van der Waals surface area contributed by atoms with Gasteiger partial charge in [-0.3, -0.25) is 13.9 Å². The molecule has 0 radical (unpaired) electrons. The summed E-state index contributed by atoms with van der Waals surface area (Å²) in [7, 11) is 0.955. The van der Waals surface area contributed by atoms with Crippen LogP contribution in [0.25, 0.3) is 0 Å². The average molecular weight is 438 g/mol. The number of carbonyl (C=O) groups is 2. The van der Waals surface area contributed by atoms with E-state index in [0.29, 0.717) is 16.9 Å². The summed E-state index contributed by atoms with van der Waals surface area (Å²) in [5.74, 6) is -0.593. The van der Waals surface area contributed by atoms with Crippen molar-refractivity contribution in [2.75, 3.05) is 30.8 Å². The van der Waals surface area contributed by atoms with Crippen molar-refractivity contribution in [3.63, 3.8) is 0 Å². The van der Waals surface area contributed by atoms with Gasteiger partial charge in [0, 0.05) is 38.0 Å². The highest BCUT2D eigenvalue weighted by atomic mass is 32.2. The first-order valence-corrected chi connectivity index (χ1v) is 10.9. The van der Waals surface area contributed by atoms with Gasteiger partial charge >= 0.3 is 0 Å². The molecule has 0 fully saturated rings. The Hall–Kier alpha value is -3.65. The Morgan fingerprint density at radius 1 is 0.774 bits per heavy atom. The quantitative estimate of drug-likeness (QED) is 0.640. The van der Waals surface area contributed by atoms with Crippen molar-refractivity contribution in [2.45, 2.75) is 4.90 Å². The molecule has 0 aliphatic rings.